The first-order chi connectivity index (χ1) is 24.3. The molecule has 3 heteroatoms. The fourth-order valence-corrected chi connectivity index (χ4v) is 8.62. The lowest BCUT2D eigenvalue weighted by molar-refractivity contribution is 0.672. The number of rotatable bonds is 5. The van der Waals surface area contributed by atoms with Crippen LogP contribution in [-0.4, -0.2) is 0 Å². The lowest BCUT2D eigenvalue weighted by Crippen LogP contribution is -2.11. The maximum atomic E-state index is 6.69. The predicted octanol–water partition coefficient (Wildman–Crippen LogP) is 13.9. The molecule has 10 aromatic rings. The van der Waals surface area contributed by atoms with E-state index in [4.69, 9.17) is 4.42 Å². The van der Waals surface area contributed by atoms with Crippen molar-refractivity contribution in [2.24, 2.45) is 0 Å². The van der Waals surface area contributed by atoms with E-state index in [0.29, 0.717) is 0 Å². The Balaban J connectivity index is 1.26. The van der Waals surface area contributed by atoms with E-state index in [-0.39, 0.29) is 0 Å². The van der Waals surface area contributed by atoms with Crippen molar-refractivity contribution in [2.75, 3.05) is 4.90 Å². The first kappa shape index (κ1) is 27.9. The van der Waals surface area contributed by atoms with Gasteiger partial charge in [-0.2, -0.15) is 0 Å². The van der Waals surface area contributed by atoms with Crippen LogP contribution in [-0.2, 0) is 0 Å². The zero-order valence-corrected chi connectivity index (χ0v) is 27.3. The molecule has 230 valence electrons. The molecule has 2 aromatic heterocycles. The molecule has 0 fully saturated rings. The number of fused-ring (bicyclic) bond motifs is 8. The Hall–Kier alpha value is -6.16. The Morgan fingerprint density at radius 2 is 1.12 bits per heavy atom. The third kappa shape index (κ3) is 4.47. The van der Waals surface area contributed by atoms with Gasteiger partial charge in [-0.3, -0.25) is 0 Å². The van der Waals surface area contributed by atoms with Gasteiger partial charge in [-0.1, -0.05) is 127 Å². The molecule has 0 bridgehead atoms. The van der Waals surface area contributed by atoms with Crippen LogP contribution in [0.15, 0.2) is 180 Å². The average molecular weight is 644 g/mol. The second-order valence-electron chi connectivity index (χ2n) is 12.5. The van der Waals surface area contributed by atoms with Crippen molar-refractivity contribution in [2.45, 2.75) is 0 Å². The largest absolute Gasteiger partial charge is 0.455 e. The molecule has 0 saturated heterocycles. The highest BCUT2D eigenvalue weighted by molar-refractivity contribution is 7.25. The van der Waals surface area contributed by atoms with E-state index in [1.165, 1.54) is 42.2 Å². The normalized spacial score (nSPS) is 11.7. The zero-order valence-electron chi connectivity index (χ0n) is 26.5. The number of hydrogen-bond acceptors (Lipinski definition) is 3. The van der Waals surface area contributed by atoms with E-state index in [9.17, 15) is 0 Å². The molecular weight excluding hydrogens is 615 g/mol. The predicted molar refractivity (Wildman–Crippen MR) is 210 cm³/mol. The fourth-order valence-electron chi connectivity index (χ4n) is 7.49. The van der Waals surface area contributed by atoms with Crippen LogP contribution in [0.25, 0.3) is 75.1 Å². The highest BCUT2D eigenvalue weighted by Crippen LogP contribution is 2.48. The molecule has 0 saturated carbocycles. The summed E-state index contributed by atoms with van der Waals surface area (Å²) in [7, 11) is 0. The van der Waals surface area contributed by atoms with Crippen LogP contribution >= 0.6 is 11.3 Å². The lowest BCUT2D eigenvalue weighted by Gasteiger charge is -2.29. The summed E-state index contributed by atoms with van der Waals surface area (Å²) in [5, 5.41) is 7.11. The number of para-hydroxylation sites is 1. The van der Waals surface area contributed by atoms with E-state index < -0.39 is 0 Å². The molecular formula is C46H29NOS. The summed E-state index contributed by atoms with van der Waals surface area (Å²) in [4.78, 5) is 2.42. The van der Waals surface area contributed by atoms with Crippen molar-refractivity contribution in [1.29, 1.82) is 0 Å². The number of thiophene rings is 1. The van der Waals surface area contributed by atoms with Gasteiger partial charge >= 0.3 is 0 Å². The maximum Gasteiger partial charge on any atom is 0.143 e. The minimum absolute atomic E-state index is 0.872. The quantitative estimate of drug-likeness (QED) is 0.186. The van der Waals surface area contributed by atoms with Crippen molar-refractivity contribution >= 4 is 81.3 Å². The van der Waals surface area contributed by atoms with Gasteiger partial charge < -0.3 is 9.32 Å². The first-order valence-electron chi connectivity index (χ1n) is 16.6. The van der Waals surface area contributed by atoms with E-state index in [0.717, 1.165) is 50.0 Å². The standard InChI is InChI=1S/C46H29NOS/c1-2-13-30(14-3-1)34-18-6-8-22-39(34)47(40-23-12-24-41-45(40)38-28-27-31-15-4-5-19-36(31)46(38)48-41)33-17-10-16-32(29-33)35-21-11-26-43-44(35)37-20-7-9-25-42(37)49-43/h1-29H. The summed E-state index contributed by atoms with van der Waals surface area (Å²) in [6, 6.07) is 63.2. The molecule has 0 aliphatic rings. The molecule has 0 unspecified atom stereocenters. The fraction of sp³-hybridized carbons (Fsp3) is 0. The van der Waals surface area contributed by atoms with E-state index in [1.807, 2.05) is 11.3 Å². The molecule has 0 radical (unpaired) electrons. The van der Waals surface area contributed by atoms with Gasteiger partial charge in [-0.05, 0) is 70.6 Å². The van der Waals surface area contributed by atoms with Crippen molar-refractivity contribution in [3.8, 4) is 22.3 Å². The Morgan fingerprint density at radius 3 is 2.06 bits per heavy atom. The summed E-state index contributed by atoms with van der Waals surface area (Å²) in [5.74, 6) is 0. The van der Waals surface area contributed by atoms with Gasteiger partial charge in [0, 0.05) is 42.2 Å². The third-order valence-corrected chi connectivity index (χ3v) is 10.8. The van der Waals surface area contributed by atoms with Crippen LogP contribution < -0.4 is 4.90 Å². The number of nitrogens with zero attached hydrogens (tertiary/aromatic N) is 1. The van der Waals surface area contributed by atoms with Crippen LogP contribution in [0.3, 0.4) is 0 Å². The van der Waals surface area contributed by atoms with Crippen LogP contribution in [0.2, 0.25) is 0 Å². The van der Waals surface area contributed by atoms with Crippen LogP contribution in [0, 0.1) is 0 Å². The van der Waals surface area contributed by atoms with Gasteiger partial charge in [0.2, 0.25) is 0 Å². The molecule has 0 aliphatic heterocycles. The summed E-state index contributed by atoms with van der Waals surface area (Å²) < 4.78 is 9.30. The van der Waals surface area contributed by atoms with Crippen molar-refractivity contribution in [3.63, 3.8) is 0 Å². The Kier molecular flexibility index (Phi) is 6.39. The van der Waals surface area contributed by atoms with E-state index in [2.05, 4.69) is 181 Å². The van der Waals surface area contributed by atoms with Crippen molar-refractivity contribution in [3.05, 3.63) is 176 Å². The number of benzene rings is 8. The molecule has 49 heavy (non-hydrogen) atoms. The highest BCUT2D eigenvalue weighted by atomic mass is 32.1. The van der Waals surface area contributed by atoms with Crippen molar-refractivity contribution in [1.82, 2.24) is 0 Å². The third-order valence-electron chi connectivity index (χ3n) is 9.65. The Bertz CT molecular complexity index is 2840. The topological polar surface area (TPSA) is 16.4 Å². The summed E-state index contributed by atoms with van der Waals surface area (Å²) in [6.45, 7) is 0. The molecule has 0 atom stereocenters. The van der Waals surface area contributed by atoms with Gasteiger partial charge in [0.15, 0.2) is 0 Å². The smallest absolute Gasteiger partial charge is 0.143 e. The second-order valence-corrected chi connectivity index (χ2v) is 13.5. The Morgan fingerprint density at radius 1 is 0.429 bits per heavy atom. The lowest BCUT2D eigenvalue weighted by atomic mass is 9.97. The van der Waals surface area contributed by atoms with Gasteiger partial charge in [0.25, 0.3) is 0 Å². The molecule has 10 rings (SSSR count). The van der Waals surface area contributed by atoms with Crippen LogP contribution in [0.1, 0.15) is 0 Å². The van der Waals surface area contributed by atoms with E-state index >= 15 is 0 Å². The molecule has 0 amide bonds. The van der Waals surface area contributed by atoms with E-state index in [1.54, 1.807) is 0 Å². The molecule has 0 N–H and O–H groups in total. The number of anilines is 3. The first-order valence-corrected chi connectivity index (χ1v) is 17.4. The van der Waals surface area contributed by atoms with Gasteiger partial charge in [0.05, 0.1) is 16.8 Å². The zero-order chi connectivity index (χ0) is 32.3. The van der Waals surface area contributed by atoms with Gasteiger partial charge in [0.1, 0.15) is 11.2 Å². The average Bonchev–Trinajstić information content (AvgIpc) is 3.75. The van der Waals surface area contributed by atoms with Crippen LogP contribution in [0.5, 0.6) is 0 Å². The minimum atomic E-state index is 0.872. The molecule has 0 aliphatic carbocycles. The summed E-state index contributed by atoms with van der Waals surface area (Å²) in [6.07, 6.45) is 0. The minimum Gasteiger partial charge on any atom is -0.455 e. The van der Waals surface area contributed by atoms with Crippen molar-refractivity contribution < 1.29 is 4.42 Å². The molecule has 2 nitrogen and oxygen atoms in total. The molecule has 0 spiro atoms. The SMILES string of the molecule is c1ccc(-c2ccccc2N(c2cccc(-c3cccc4sc5ccccc5c34)c2)c2cccc3oc4c5ccccc5ccc4c23)cc1. The van der Waals surface area contributed by atoms with Gasteiger partial charge in [-0.15, -0.1) is 11.3 Å². The van der Waals surface area contributed by atoms with Crippen LogP contribution in [0.4, 0.5) is 17.1 Å². The highest BCUT2D eigenvalue weighted by Gasteiger charge is 2.23. The Labute approximate surface area is 287 Å². The number of hydrogen-bond donors (Lipinski definition) is 0. The maximum absolute atomic E-state index is 6.69. The second kappa shape index (κ2) is 11.2. The van der Waals surface area contributed by atoms with Gasteiger partial charge in [-0.25, -0.2) is 0 Å². The summed E-state index contributed by atoms with van der Waals surface area (Å²) >= 11 is 1.86. The monoisotopic (exact) mass is 643 g/mol. The summed E-state index contributed by atoms with van der Waals surface area (Å²) in [5.41, 5.74) is 9.81. The molecule has 8 aromatic carbocycles. The molecule has 2 heterocycles. The number of furan rings is 1.